The number of aromatic nitrogens is 2. The lowest BCUT2D eigenvalue weighted by Crippen LogP contribution is -2.47. The third-order valence-corrected chi connectivity index (χ3v) is 5.89. The monoisotopic (exact) mass is 375 g/mol. The third kappa shape index (κ3) is 4.15. The summed E-state index contributed by atoms with van der Waals surface area (Å²) in [6.07, 6.45) is 5.76. The van der Waals surface area contributed by atoms with Gasteiger partial charge < -0.3 is 20.1 Å². The quantitative estimate of drug-likeness (QED) is 0.809. The van der Waals surface area contributed by atoms with E-state index in [9.17, 15) is 9.59 Å². The van der Waals surface area contributed by atoms with Gasteiger partial charge in [-0.3, -0.25) is 9.59 Å². The number of carbonyl (C=O) groups is 2. The minimum Gasteiger partial charge on any atom is -0.341 e. The average Bonchev–Trinajstić information content (AvgIpc) is 3.17. The molecular formula is C19H29N5O3. The topological polar surface area (TPSA) is 106 Å². The molecule has 8 nitrogen and oxygen atoms in total. The molecule has 1 aromatic heterocycles. The third-order valence-electron chi connectivity index (χ3n) is 5.89. The van der Waals surface area contributed by atoms with Gasteiger partial charge in [0.15, 0.2) is 5.82 Å². The molecule has 3 heterocycles. The Kier molecular flexibility index (Phi) is 5.16. The highest BCUT2D eigenvalue weighted by molar-refractivity contribution is 5.78. The molecular weight excluding hydrogens is 346 g/mol. The molecule has 2 aliphatic heterocycles. The van der Waals surface area contributed by atoms with Crippen molar-refractivity contribution in [2.24, 2.45) is 11.7 Å². The van der Waals surface area contributed by atoms with Crippen LogP contribution in [0.25, 0.3) is 0 Å². The zero-order valence-corrected chi connectivity index (χ0v) is 16.0. The van der Waals surface area contributed by atoms with Gasteiger partial charge in [0.2, 0.25) is 17.7 Å². The molecule has 0 aromatic carbocycles. The molecule has 3 aliphatic rings. The fourth-order valence-electron chi connectivity index (χ4n) is 4.17. The number of carbonyl (C=O) groups excluding carboxylic acids is 2. The van der Waals surface area contributed by atoms with Gasteiger partial charge in [0.25, 0.3) is 0 Å². The summed E-state index contributed by atoms with van der Waals surface area (Å²) < 4.78 is 5.44. The van der Waals surface area contributed by atoms with Crippen LogP contribution in [-0.4, -0.2) is 57.4 Å². The molecule has 1 saturated carbocycles. The van der Waals surface area contributed by atoms with E-state index in [1.165, 1.54) is 0 Å². The van der Waals surface area contributed by atoms with E-state index in [2.05, 4.69) is 17.1 Å². The maximum absolute atomic E-state index is 12.8. The summed E-state index contributed by atoms with van der Waals surface area (Å²) in [6, 6.07) is -0.487. The lowest BCUT2D eigenvalue weighted by Gasteiger charge is -2.33. The van der Waals surface area contributed by atoms with Gasteiger partial charge >= 0.3 is 0 Å². The molecule has 27 heavy (non-hydrogen) atoms. The van der Waals surface area contributed by atoms with E-state index in [4.69, 9.17) is 10.3 Å². The molecule has 3 fully saturated rings. The molecule has 0 unspecified atom stereocenters. The Labute approximate surface area is 159 Å². The van der Waals surface area contributed by atoms with Crippen molar-refractivity contribution >= 4 is 11.8 Å². The summed E-state index contributed by atoms with van der Waals surface area (Å²) in [4.78, 5) is 33.1. The first-order valence-corrected chi connectivity index (χ1v) is 10.2. The highest BCUT2D eigenvalue weighted by Gasteiger charge is 2.37. The number of hydrogen-bond acceptors (Lipinski definition) is 6. The molecule has 1 aromatic rings. The molecule has 2 saturated heterocycles. The van der Waals surface area contributed by atoms with Crippen molar-refractivity contribution in [1.29, 1.82) is 0 Å². The van der Waals surface area contributed by atoms with Gasteiger partial charge in [0.1, 0.15) is 6.04 Å². The van der Waals surface area contributed by atoms with E-state index >= 15 is 0 Å². The minimum absolute atomic E-state index is 0.00804. The highest BCUT2D eigenvalue weighted by Crippen LogP contribution is 2.39. The van der Waals surface area contributed by atoms with Crippen LogP contribution in [0.4, 0.5) is 0 Å². The summed E-state index contributed by atoms with van der Waals surface area (Å²) in [5, 5.41) is 4.08. The molecule has 0 bridgehead atoms. The van der Waals surface area contributed by atoms with Crippen LogP contribution >= 0.6 is 0 Å². The van der Waals surface area contributed by atoms with Gasteiger partial charge in [-0.2, -0.15) is 4.98 Å². The Morgan fingerprint density at radius 2 is 2.15 bits per heavy atom. The molecule has 0 radical (unpaired) electrons. The van der Waals surface area contributed by atoms with Gasteiger partial charge in [-0.15, -0.1) is 0 Å². The van der Waals surface area contributed by atoms with Crippen LogP contribution in [0.15, 0.2) is 4.52 Å². The molecule has 2 amide bonds. The Balaban J connectivity index is 1.34. The second-order valence-electron chi connectivity index (χ2n) is 8.42. The average molecular weight is 375 g/mol. The number of piperidine rings is 1. The van der Waals surface area contributed by atoms with Crippen LogP contribution in [0.5, 0.6) is 0 Å². The number of nitrogens with two attached hydrogens (primary N) is 1. The zero-order chi connectivity index (χ0) is 19.0. The molecule has 4 rings (SSSR count). The van der Waals surface area contributed by atoms with Crippen molar-refractivity contribution in [3.05, 3.63) is 11.7 Å². The van der Waals surface area contributed by atoms with Crippen LogP contribution in [0.2, 0.25) is 0 Å². The molecule has 2 N–H and O–H groups in total. The number of amides is 2. The highest BCUT2D eigenvalue weighted by atomic mass is 16.5. The van der Waals surface area contributed by atoms with Crippen molar-refractivity contribution in [3.8, 4) is 0 Å². The van der Waals surface area contributed by atoms with Gasteiger partial charge in [-0.25, -0.2) is 0 Å². The largest absolute Gasteiger partial charge is 0.341 e. The second-order valence-corrected chi connectivity index (χ2v) is 8.42. The summed E-state index contributed by atoms with van der Waals surface area (Å²) >= 11 is 0. The van der Waals surface area contributed by atoms with Crippen LogP contribution in [0.1, 0.15) is 75.5 Å². The lowest BCUT2D eigenvalue weighted by atomic mass is 9.99. The summed E-state index contributed by atoms with van der Waals surface area (Å²) in [7, 11) is 0. The summed E-state index contributed by atoms with van der Waals surface area (Å²) in [5.41, 5.74) is 6.22. The van der Waals surface area contributed by atoms with E-state index in [1.807, 2.05) is 9.80 Å². The second kappa shape index (κ2) is 7.58. The smallest absolute Gasteiger partial charge is 0.249 e. The van der Waals surface area contributed by atoms with Crippen LogP contribution in [-0.2, 0) is 9.59 Å². The molecule has 3 atom stereocenters. The van der Waals surface area contributed by atoms with E-state index in [-0.39, 0.29) is 30.3 Å². The van der Waals surface area contributed by atoms with E-state index in [0.29, 0.717) is 37.2 Å². The predicted molar refractivity (Wildman–Crippen MR) is 97.5 cm³/mol. The Morgan fingerprint density at radius 1 is 1.33 bits per heavy atom. The predicted octanol–water partition coefficient (Wildman–Crippen LogP) is 1.59. The number of nitrogens with zero attached hydrogens (tertiary/aromatic N) is 4. The molecule has 1 aliphatic carbocycles. The first-order chi connectivity index (χ1) is 13.0. The van der Waals surface area contributed by atoms with Gasteiger partial charge in [0.05, 0.1) is 0 Å². The van der Waals surface area contributed by atoms with Crippen molar-refractivity contribution < 1.29 is 14.1 Å². The molecule has 0 spiro atoms. The summed E-state index contributed by atoms with van der Waals surface area (Å²) in [6.45, 7) is 4.01. The maximum atomic E-state index is 12.8. The zero-order valence-electron chi connectivity index (χ0n) is 16.0. The molecule has 8 heteroatoms. The molecule has 148 valence electrons. The van der Waals surface area contributed by atoms with Gasteiger partial charge in [-0.1, -0.05) is 12.1 Å². The van der Waals surface area contributed by atoms with Crippen LogP contribution in [0, 0.1) is 5.92 Å². The Hall–Kier alpha value is -1.96. The lowest BCUT2D eigenvalue weighted by molar-refractivity contribution is -0.137. The van der Waals surface area contributed by atoms with E-state index in [0.717, 1.165) is 44.5 Å². The standard InChI is InChI=1S/C19H29N5O3/c1-12-4-7-16(25)23(10-12)11-14(20)9-17(26)24-8-2-3-15(24)19-21-18(22-27-19)13-5-6-13/h12-15H,2-11,20H2,1H3/t12-,14-,15+/m1/s1. The van der Waals surface area contributed by atoms with Crippen molar-refractivity contribution in [2.75, 3.05) is 19.6 Å². The Morgan fingerprint density at radius 3 is 2.93 bits per heavy atom. The van der Waals surface area contributed by atoms with Crippen LogP contribution in [0.3, 0.4) is 0 Å². The van der Waals surface area contributed by atoms with Crippen molar-refractivity contribution in [1.82, 2.24) is 19.9 Å². The number of rotatable bonds is 6. The number of hydrogen-bond donors (Lipinski definition) is 1. The fourth-order valence-corrected chi connectivity index (χ4v) is 4.17. The van der Waals surface area contributed by atoms with Crippen molar-refractivity contribution in [2.45, 2.75) is 69.9 Å². The number of likely N-dealkylation sites (tertiary alicyclic amines) is 2. The SMILES string of the molecule is C[C@@H]1CCC(=O)N(C[C@H](N)CC(=O)N2CCC[C@H]2c2nc(C3CC3)no2)C1. The normalized spacial score (nSPS) is 27.3. The van der Waals surface area contributed by atoms with Crippen molar-refractivity contribution in [3.63, 3.8) is 0 Å². The minimum atomic E-state index is -0.349. The Bertz CT molecular complexity index is 701. The first kappa shape index (κ1) is 18.4. The fraction of sp³-hybridized carbons (Fsp3) is 0.789. The first-order valence-electron chi connectivity index (χ1n) is 10.2. The maximum Gasteiger partial charge on any atom is 0.249 e. The van der Waals surface area contributed by atoms with Crippen LogP contribution < -0.4 is 5.73 Å². The van der Waals surface area contributed by atoms with E-state index < -0.39 is 0 Å². The van der Waals surface area contributed by atoms with E-state index in [1.54, 1.807) is 0 Å². The summed E-state index contributed by atoms with van der Waals surface area (Å²) in [5.74, 6) is 2.41. The van der Waals surface area contributed by atoms with Gasteiger partial charge in [0, 0.05) is 44.4 Å². The van der Waals surface area contributed by atoms with Gasteiger partial charge in [-0.05, 0) is 38.0 Å².